The van der Waals surface area contributed by atoms with E-state index in [1.165, 1.54) is 17.7 Å². The summed E-state index contributed by atoms with van der Waals surface area (Å²) in [6.45, 7) is 1.08. The molecule has 3 heteroatoms. The van der Waals surface area contributed by atoms with Gasteiger partial charge in [-0.3, -0.25) is 4.79 Å². The minimum atomic E-state index is 0.201. The van der Waals surface area contributed by atoms with Gasteiger partial charge in [-0.1, -0.05) is 12.1 Å². The van der Waals surface area contributed by atoms with Gasteiger partial charge in [0.1, 0.15) is 0 Å². The molecule has 0 unspecified atom stereocenters. The van der Waals surface area contributed by atoms with Crippen LogP contribution in [0, 0.1) is 0 Å². The van der Waals surface area contributed by atoms with Crippen molar-refractivity contribution < 1.29 is 4.79 Å². The molecule has 1 heterocycles. The number of carbonyl (C=O) groups is 1. The van der Waals surface area contributed by atoms with Crippen molar-refractivity contribution >= 4 is 23.1 Å². The Morgan fingerprint density at radius 3 is 3.06 bits per heavy atom. The second kappa shape index (κ2) is 5.54. The molecule has 1 aromatic rings. The fourth-order valence-electron chi connectivity index (χ4n) is 2.30. The van der Waals surface area contributed by atoms with Crippen molar-refractivity contribution in [2.24, 2.45) is 0 Å². The van der Waals surface area contributed by atoms with E-state index in [9.17, 15) is 4.79 Å². The molecular formula is C14H18ClNO. The van der Waals surface area contributed by atoms with E-state index in [-0.39, 0.29) is 5.78 Å². The van der Waals surface area contributed by atoms with Gasteiger partial charge in [0.25, 0.3) is 0 Å². The van der Waals surface area contributed by atoms with E-state index in [0.717, 1.165) is 24.9 Å². The average Bonchev–Trinajstić information content (AvgIpc) is 2.36. The van der Waals surface area contributed by atoms with Gasteiger partial charge >= 0.3 is 0 Å². The summed E-state index contributed by atoms with van der Waals surface area (Å²) >= 11 is 5.61. The maximum atomic E-state index is 11.9. The van der Waals surface area contributed by atoms with Gasteiger partial charge in [0.2, 0.25) is 0 Å². The smallest absolute Gasteiger partial charge is 0.162 e. The van der Waals surface area contributed by atoms with Gasteiger partial charge in [-0.05, 0) is 30.9 Å². The Labute approximate surface area is 108 Å². The molecule has 0 aromatic heterocycles. The molecule has 2 rings (SSSR count). The van der Waals surface area contributed by atoms with Crippen LogP contribution in [0.5, 0.6) is 0 Å². The molecule has 1 aliphatic rings. The molecule has 2 nitrogen and oxygen atoms in total. The van der Waals surface area contributed by atoms with E-state index >= 15 is 0 Å². The number of alkyl halides is 1. The number of ketones is 1. The van der Waals surface area contributed by atoms with E-state index in [1.807, 2.05) is 12.1 Å². The summed E-state index contributed by atoms with van der Waals surface area (Å²) in [5, 5.41) is 0. The Kier molecular flexibility index (Phi) is 4.06. The molecule has 0 saturated carbocycles. The number of Topliss-reactive ketones (excluding diaryl/α,β-unsaturated/α-hetero) is 1. The number of fused-ring (bicyclic) bond motifs is 1. The second-order valence-corrected chi connectivity index (χ2v) is 4.96. The molecule has 0 aliphatic carbocycles. The van der Waals surface area contributed by atoms with Gasteiger partial charge in [-0.2, -0.15) is 0 Å². The number of hydrogen-bond acceptors (Lipinski definition) is 2. The summed E-state index contributed by atoms with van der Waals surface area (Å²) in [7, 11) is 2.09. The minimum absolute atomic E-state index is 0.201. The summed E-state index contributed by atoms with van der Waals surface area (Å²) in [6, 6.07) is 6.08. The maximum absolute atomic E-state index is 11.9. The van der Waals surface area contributed by atoms with Crippen molar-refractivity contribution in [3.63, 3.8) is 0 Å². The maximum Gasteiger partial charge on any atom is 0.162 e. The second-order valence-electron chi connectivity index (χ2n) is 4.58. The molecule has 1 aromatic carbocycles. The highest BCUT2D eigenvalue weighted by Crippen LogP contribution is 2.27. The zero-order valence-electron chi connectivity index (χ0n) is 10.2. The SMILES string of the molecule is CN1CCCc2ccc(C(=O)CCCCl)cc21. The van der Waals surface area contributed by atoms with Crippen LogP contribution < -0.4 is 4.90 Å². The van der Waals surface area contributed by atoms with Gasteiger partial charge < -0.3 is 4.90 Å². The lowest BCUT2D eigenvalue weighted by Crippen LogP contribution is -2.24. The van der Waals surface area contributed by atoms with Crippen molar-refractivity contribution in [3.8, 4) is 0 Å². The highest BCUT2D eigenvalue weighted by molar-refractivity contribution is 6.18. The Hall–Kier alpha value is -1.02. The van der Waals surface area contributed by atoms with Gasteiger partial charge in [0.15, 0.2) is 5.78 Å². The molecule has 92 valence electrons. The van der Waals surface area contributed by atoms with E-state index < -0.39 is 0 Å². The minimum Gasteiger partial charge on any atom is -0.374 e. The van der Waals surface area contributed by atoms with E-state index in [0.29, 0.717) is 12.3 Å². The Bertz CT molecular complexity index is 417. The van der Waals surface area contributed by atoms with E-state index in [2.05, 4.69) is 18.0 Å². The van der Waals surface area contributed by atoms with Crippen LogP contribution in [-0.2, 0) is 6.42 Å². The fourth-order valence-corrected chi connectivity index (χ4v) is 2.44. The zero-order chi connectivity index (χ0) is 12.3. The molecule has 0 bridgehead atoms. The standard InChI is InChI=1S/C14H18ClNO/c1-16-9-3-4-11-6-7-12(10-13(11)16)14(17)5-2-8-15/h6-7,10H,2-5,8-9H2,1H3. The molecule has 0 atom stereocenters. The first kappa shape index (κ1) is 12.4. The number of aryl methyl sites for hydroxylation is 1. The van der Waals surface area contributed by atoms with Crippen molar-refractivity contribution in [1.82, 2.24) is 0 Å². The lowest BCUT2D eigenvalue weighted by molar-refractivity contribution is 0.0982. The van der Waals surface area contributed by atoms with Gasteiger partial charge in [-0.15, -0.1) is 11.6 Å². The lowest BCUT2D eigenvalue weighted by Gasteiger charge is -2.27. The summed E-state index contributed by atoms with van der Waals surface area (Å²) in [5.74, 6) is 0.753. The lowest BCUT2D eigenvalue weighted by atomic mass is 9.97. The van der Waals surface area contributed by atoms with Crippen molar-refractivity contribution in [3.05, 3.63) is 29.3 Å². The first-order chi connectivity index (χ1) is 8.22. The van der Waals surface area contributed by atoms with Crippen LogP contribution in [0.1, 0.15) is 35.2 Å². The average molecular weight is 252 g/mol. The summed E-state index contributed by atoms with van der Waals surface area (Å²) < 4.78 is 0. The summed E-state index contributed by atoms with van der Waals surface area (Å²) in [6.07, 6.45) is 3.62. The van der Waals surface area contributed by atoms with Crippen LogP contribution in [0.3, 0.4) is 0 Å². The number of carbonyl (C=O) groups excluding carboxylic acids is 1. The molecule has 0 fully saturated rings. The predicted molar refractivity (Wildman–Crippen MR) is 72.3 cm³/mol. The number of halogens is 1. The largest absolute Gasteiger partial charge is 0.374 e. The molecule has 0 radical (unpaired) electrons. The van der Waals surface area contributed by atoms with Crippen LogP contribution >= 0.6 is 11.6 Å². The van der Waals surface area contributed by atoms with Crippen LogP contribution in [-0.4, -0.2) is 25.3 Å². The number of rotatable bonds is 4. The Morgan fingerprint density at radius 1 is 1.47 bits per heavy atom. The van der Waals surface area contributed by atoms with Gasteiger partial charge in [0, 0.05) is 37.1 Å². The number of benzene rings is 1. The summed E-state index contributed by atoms with van der Waals surface area (Å²) in [5.41, 5.74) is 3.39. The summed E-state index contributed by atoms with van der Waals surface area (Å²) in [4.78, 5) is 14.2. The highest BCUT2D eigenvalue weighted by atomic mass is 35.5. The Morgan fingerprint density at radius 2 is 2.29 bits per heavy atom. The van der Waals surface area contributed by atoms with E-state index in [4.69, 9.17) is 11.6 Å². The van der Waals surface area contributed by atoms with E-state index in [1.54, 1.807) is 0 Å². The molecule has 0 saturated heterocycles. The molecule has 0 spiro atoms. The normalized spacial score (nSPS) is 14.6. The van der Waals surface area contributed by atoms with Crippen molar-refractivity contribution in [1.29, 1.82) is 0 Å². The predicted octanol–water partition coefficient (Wildman–Crippen LogP) is 3.27. The molecule has 0 amide bonds. The fraction of sp³-hybridized carbons (Fsp3) is 0.500. The molecule has 0 N–H and O–H groups in total. The van der Waals surface area contributed by atoms with Gasteiger partial charge in [0.05, 0.1) is 0 Å². The first-order valence-electron chi connectivity index (χ1n) is 6.15. The first-order valence-corrected chi connectivity index (χ1v) is 6.69. The third-order valence-corrected chi connectivity index (χ3v) is 3.56. The zero-order valence-corrected chi connectivity index (χ0v) is 11.0. The van der Waals surface area contributed by atoms with Crippen LogP contribution in [0.15, 0.2) is 18.2 Å². The molecular weight excluding hydrogens is 234 g/mol. The topological polar surface area (TPSA) is 20.3 Å². The quantitative estimate of drug-likeness (QED) is 0.605. The third-order valence-electron chi connectivity index (χ3n) is 3.30. The number of nitrogens with zero attached hydrogens (tertiary/aromatic N) is 1. The third kappa shape index (κ3) is 2.81. The van der Waals surface area contributed by atoms with Crippen LogP contribution in [0.4, 0.5) is 5.69 Å². The monoisotopic (exact) mass is 251 g/mol. The number of anilines is 1. The van der Waals surface area contributed by atoms with Crippen LogP contribution in [0.2, 0.25) is 0 Å². The molecule has 17 heavy (non-hydrogen) atoms. The number of hydrogen-bond donors (Lipinski definition) is 0. The highest BCUT2D eigenvalue weighted by Gasteiger charge is 2.15. The molecule has 1 aliphatic heterocycles. The van der Waals surface area contributed by atoms with Crippen molar-refractivity contribution in [2.75, 3.05) is 24.4 Å². The Balaban J connectivity index is 2.20. The van der Waals surface area contributed by atoms with Gasteiger partial charge in [-0.25, -0.2) is 0 Å². The van der Waals surface area contributed by atoms with Crippen LogP contribution in [0.25, 0.3) is 0 Å². The van der Waals surface area contributed by atoms with Crippen molar-refractivity contribution in [2.45, 2.75) is 25.7 Å².